The Morgan fingerprint density at radius 3 is 2.82 bits per heavy atom. The molecule has 0 radical (unpaired) electrons. The van der Waals surface area contributed by atoms with Crippen molar-refractivity contribution in [1.29, 1.82) is 0 Å². The summed E-state index contributed by atoms with van der Waals surface area (Å²) < 4.78 is 42.9. The molecular weight excluding hydrogens is 404 g/mol. The molecule has 0 saturated heterocycles. The zero-order valence-electron chi connectivity index (χ0n) is 15.2. The zero-order valence-corrected chi connectivity index (χ0v) is 16.8. The highest BCUT2D eigenvalue weighted by molar-refractivity contribution is 7.91. The van der Waals surface area contributed by atoms with Gasteiger partial charge in [0.25, 0.3) is 0 Å². The van der Waals surface area contributed by atoms with E-state index in [2.05, 4.69) is 9.88 Å². The van der Waals surface area contributed by atoms with Gasteiger partial charge >= 0.3 is 5.97 Å². The number of rotatable bonds is 8. The fourth-order valence-corrected chi connectivity index (χ4v) is 4.64. The van der Waals surface area contributed by atoms with E-state index in [9.17, 15) is 13.2 Å². The third-order valence-corrected chi connectivity index (χ3v) is 6.68. The van der Waals surface area contributed by atoms with Gasteiger partial charge in [-0.3, -0.25) is 0 Å². The number of sulfonamides is 1. The van der Waals surface area contributed by atoms with Gasteiger partial charge in [-0.05, 0) is 36.8 Å². The Bertz CT molecular complexity index is 1070. The molecule has 2 heterocycles. The maximum atomic E-state index is 12.6. The minimum atomic E-state index is -3.71. The van der Waals surface area contributed by atoms with Crippen molar-refractivity contribution in [2.45, 2.75) is 17.7 Å². The molecule has 3 aromatic rings. The predicted octanol–water partition coefficient (Wildman–Crippen LogP) is 3.07. The van der Waals surface area contributed by atoms with Gasteiger partial charge < -0.3 is 14.0 Å². The second kappa shape index (κ2) is 8.55. The molecule has 0 aliphatic rings. The molecule has 3 rings (SSSR count). The molecule has 0 spiro atoms. The van der Waals surface area contributed by atoms with Crippen LogP contribution in [0, 0.1) is 0 Å². The molecule has 0 atom stereocenters. The van der Waals surface area contributed by atoms with Crippen LogP contribution in [-0.4, -0.2) is 33.3 Å². The van der Waals surface area contributed by atoms with Crippen molar-refractivity contribution in [2.24, 2.45) is 0 Å². The molecule has 0 aliphatic carbocycles. The molecule has 8 nitrogen and oxygen atoms in total. The third-order valence-electron chi connectivity index (χ3n) is 3.68. The lowest BCUT2D eigenvalue weighted by Gasteiger charge is -2.06. The average Bonchev–Trinajstić information content (AvgIpc) is 3.36. The van der Waals surface area contributed by atoms with Gasteiger partial charge in [0.2, 0.25) is 10.0 Å². The van der Waals surface area contributed by atoms with Gasteiger partial charge in [0.1, 0.15) is 9.96 Å². The molecule has 0 aliphatic heterocycles. The van der Waals surface area contributed by atoms with Gasteiger partial charge in [-0.2, -0.15) is 0 Å². The number of ether oxygens (including phenoxy) is 2. The van der Waals surface area contributed by atoms with E-state index >= 15 is 0 Å². The predicted molar refractivity (Wildman–Crippen MR) is 103 cm³/mol. The minimum absolute atomic E-state index is 0.0332. The molecule has 28 heavy (non-hydrogen) atoms. The number of benzene rings is 1. The van der Waals surface area contributed by atoms with E-state index in [-0.39, 0.29) is 23.1 Å². The van der Waals surface area contributed by atoms with Crippen LogP contribution < -0.4 is 9.46 Å². The number of carbonyl (C=O) groups excluding carboxylic acids is 1. The molecule has 0 bridgehead atoms. The van der Waals surface area contributed by atoms with Crippen LogP contribution in [0.15, 0.2) is 51.2 Å². The summed E-state index contributed by atoms with van der Waals surface area (Å²) in [5.41, 5.74) is 0.805. The van der Waals surface area contributed by atoms with E-state index in [1.165, 1.54) is 12.1 Å². The monoisotopic (exact) mass is 422 g/mol. The molecule has 0 fully saturated rings. The fraction of sp³-hybridized carbons (Fsp3) is 0.222. The number of carbonyl (C=O) groups is 1. The Kier molecular flexibility index (Phi) is 6.12. The van der Waals surface area contributed by atoms with Gasteiger partial charge in [0.05, 0.1) is 18.6 Å². The van der Waals surface area contributed by atoms with Gasteiger partial charge in [-0.15, -0.1) is 11.3 Å². The number of nitrogens with one attached hydrogen (secondary N) is 1. The Morgan fingerprint density at radius 1 is 1.25 bits per heavy atom. The first kappa shape index (κ1) is 20.1. The zero-order chi connectivity index (χ0) is 20.1. The first-order chi connectivity index (χ1) is 13.4. The highest BCUT2D eigenvalue weighted by Gasteiger charge is 2.20. The van der Waals surface area contributed by atoms with Crippen LogP contribution in [0.25, 0.3) is 10.6 Å². The number of thiophene rings is 1. The molecule has 0 amide bonds. The van der Waals surface area contributed by atoms with Crippen molar-refractivity contribution in [3.8, 4) is 16.4 Å². The first-order valence-corrected chi connectivity index (χ1v) is 10.6. The molecule has 2 aromatic heterocycles. The van der Waals surface area contributed by atoms with Crippen molar-refractivity contribution in [1.82, 2.24) is 9.88 Å². The van der Waals surface area contributed by atoms with Crippen molar-refractivity contribution in [3.05, 3.63) is 53.7 Å². The summed E-state index contributed by atoms with van der Waals surface area (Å²) in [6.45, 7) is 2.04. The summed E-state index contributed by atoms with van der Waals surface area (Å²) in [6.07, 6.45) is 0. The number of hydrogen-bond acceptors (Lipinski definition) is 8. The highest BCUT2D eigenvalue weighted by atomic mass is 32.2. The largest absolute Gasteiger partial charge is 0.497 e. The van der Waals surface area contributed by atoms with Crippen LogP contribution in [0.5, 0.6) is 5.75 Å². The third kappa shape index (κ3) is 4.58. The normalized spacial score (nSPS) is 11.4. The molecule has 0 unspecified atom stereocenters. The highest BCUT2D eigenvalue weighted by Crippen LogP contribution is 2.31. The van der Waals surface area contributed by atoms with Gasteiger partial charge in [-0.25, -0.2) is 17.9 Å². The summed E-state index contributed by atoms with van der Waals surface area (Å²) in [7, 11) is -2.16. The van der Waals surface area contributed by atoms with E-state index in [0.717, 1.165) is 16.9 Å². The van der Waals surface area contributed by atoms with Crippen LogP contribution in [0.1, 0.15) is 23.0 Å². The molecule has 148 valence electrons. The second-order valence-electron chi connectivity index (χ2n) is 5.59. The molecule has 1 N–H and O–H groups in total. The molecule has 0 saturated carbocycles. The number of methoxy groups -OCH3 is 1. The van der Waals surface area contributed by atoms with Gasteiger partial charge in [0, 0.05) is 12.6 Å². The van der Waals surface area contributed by atoms with E-state index in [0.29, 0.717) is 16.4 Å². The van der Waals surface area contributed by atoms with E-state index in [1.54, 1.807) is 44.4 Å². The lowest BCUT2D eigenvalue weighted by molar-refractivity contribution is 0.0514. The summed E-state index contributed by atoms with van der Waals surface area (Å²) in [4.78, 5) is 12.2. The number of aromatic nitrogens is 1. The van der Waals surface area contributed by atoms with Gasteiger partial charge in [-0.1, -0.05) is 17.3 Å². The SMILES string of the molecule is CCOC(=O)c1cc(-c2ccc(S(=O)(=O)NCc3cccc(OC)c3)s2)on1. The fourth-order valence-electron chi connectivity index (χ4n) is 2.32. The van der Waals surface area contributed by atoms with Crippen molar-refractivity contribution < 1.29 is 27.2 Å². The number of esters is 1. The first-order valence-electron chi connectivity index (χ1n) is 8.29. The average molecular weight is 422 g/mol. The van der Waals surface area contributed by atoms with E-state index in [1.807, 2.05) is 0 Å². The standard InChI is InChI=1S/C18H18N2O6S2/c1-3-25-18(21)14-10-15(26-20-14)16-7-8-17(27-16)28(22,23)19-11-12-5-4-6-13(9-12)24-2/h4-10,19H,3,11H2,1-2H3. The van der Waals surface area contributed by atoms with Crippen LogP contribution in [0.4, 0.5) is 0 Å². The van der Waals surface area contributed by atoms with Crippen LogP contribution in [0.3, 0.4) is 0 Å². The maximum absolute atomic E-state index is 12.6. The Balaban J connectivity index is 1.72. The topological polar surface area (TPSA) is 108 Å². The lowest BCUT2D eigenvalue weighted by atomic mass is 10.2. The summed E-state index contributed by atoms with van der Waals surface area (Å²) >= 11 is 1.01. The molecule has 1 aromatic carbocycles. The van der Waals surface area contributed by atoms with Crippen molar-refractivity contribution in [3.63, 3.8) is 0 Å². The van der Waals surface area contributed by atoms with Crippen LogP contribution in [0.2, 0.25) is 0 Å². The van der Waals surface area contributed by atoms with Gasteiger partial charge in [0.15, 0.2) is 11.5 Å². The lowest BCUT2D eigenvalue weighted by Crippen LogP contribution is -2.22. The maximum Gasteiger partial charge on any atom is 0.360 e. The van der Waals surface area contributed by atoms with Crippen molar-refractivity contribution >= 4 is 27.3 Å². The smallest absolute Gasteiger partial charge is 0.360 e. The second-order valence-corrected chi connectivity index (χ2v) is 8.67. The molecular formula is C18H18N2O6S2. The number of nitrogens with zero attached hydrogens (tertiary/aromatic N) is 1. The van der Waals surface area contributed by atoms with Crippen LogP contribution in [-0.2, 0) is 21.3 Å². The minimum Gasteiger partial charge on any atom is -0.497 e. The number of hydrogen-bond donors (Lipinski definition) is 1. The summed E-state index contributed by atoms with van der Waals surface area (Å²) in [5, 5.41) is 3.66. The Morgan fingerprint density at radius 2 is 2.07 bits per heavy atom. The summed E-state index contributed by atoms with van der Waals surface area (Å²) in [6, 6.07) is 11.6. The van der Waals surface area contributed by atoms with E-state index < -0.39 is 16.0 Å². The van der Waals surface area contributed by atoms with Crippen LogP contribution >= 0.6 is 11.3 Å². The quantitative estimate of drug-likeness (QED) is 0.556. The van der Waals surface area contributed by atoms with Crippen molar-refractivity contribution in [2.75, 3.05) is 13.7 Å². The Labute approximate surface area is 166 Å². The molecule has 10 heteroatoms. The summed E-state index contributed by atoms with van der Waals surface area (Å²) in [5.74, 6) is 0.349. The van der Waals surface area contributed by atoms with E-state index in [4.69, 9.17) is 14.0 Å². The Hall–Kier alpha value is -2.69.